The van der Waals surface area contributed by atoms with Crippen molar-refractivity contribution in [2.45, 2.75) is 6.18 Å². The molecule has 0 fully saturated rings. The van der Waals surface area contributed by atoms with Gasteiger partial charge in [-0.15, -0.1) is 0 Å². The van der Waals surface area contributed by atoms with E-state index >= 15 is 0 Å². The molecule has 2 aromatic rings. The first-order chi connectivity index (χ1) is 9.00. The van der Waals surface area contributed by atoms with Crippen LogP contribution in [0, 0.1) is 11.3 Å². The van der Waals surface area contributed by atoms with E-state index in [1.165, 1.54) is 6.07 Å². The maximum Gasteiger partial charge on any atom is 0.417 e. The normalized spacial score (nSPS) is 10.8. The molecule has 5 heteroatoms. The number of alkyl halides is 3. The highest BCUT2D eigenvalue weighted by Crippen LogP contribution is 2.34. The second-order valence-corrected chi connectivity index (χ2v) is 3.86. The minimum absolute atomic E-state index is 0.289. The van der Waals surface area contributed by atoms with Crippen LogP contribution in [0.3, 0.4) is 0 Å². The van der Waals surface area contributed by atoms with Crippen LogP contribution in [0.15, 0.2) is 48.5 Å². The Morgan fingerprint density at radius 2 is 1.63 bits per heavy atom. The van der Waals surface area contributed by atoms with Gasteiger partial charge in [0.2, 0.25) is 0 Å². The Morgan fingerprint density at radius 3 is 2.21 bits per heavy atom. The molecule has 0 atom stereocenters. The second-order valence-electron chi connectivity index (χ2n) is 3.86. The Bertz CT molecular complexity index is 613. The van der Waals surface area contributed by atoms with Crippen LogP contribution >= 0.6 is 0 Å². The molecule has 0 aliphatic rings. The average molecular weight is 262 g/mol. The highest BCUT2D eigenvalue weighted by Gasteiger charge is 2.33. The van der Waals surface area contributed by atoms with E-state index in [1.54, 1.807) is 30.3 Å². The molecule has 2 rings (SSSR count). The molecule has 19 heavy (non-hydrogen) atoms. The fourth-order valence-corrected chi connectivity index (χ4v) is 1.64. The molecule has 0 radical (unpaired) electrons. The van der Waals surface area contributed by atoms with E-state index in [-0.39, 0.29) is 11.3 Å². The summed E-state index contributed by atoms with van der Waals surface area (Å²) in [7, 11) is 0. The molecule has 0 heterocycles. The highest BCUT2D eigenvalue weighted by molar-refractivity contribution is 5.62. The SMILES string of the molecule is N#Cc1ccc(Nc2ccccc2)cc1C(F)(F)F. The third-order valence-corrected chi connectivity index (χ3v) is 2.51. The van der Waals surface area contributed by atoms with E-state index in [2.05, 4.69) is 5.32 Å². The van der Waals surface area contributed by atoms with Gasteiger partial charge in [-0.1, -0.05) is 18.2 Å². The van der Waals surface area contributed by atoms with Gasteiger partial charge in [0.25, 0.3) is 0 Å². The van der Waals surface area contributed by atoms with Crippen molar-refractivity contribution in [1.29, 1.82) is 5.26 Å². The van der Waals surface area contributed by atoms with Crippen molar-refractivity contribution in [2.24, 2.45) is 0 Å². The van der Waals surface area contributed by atoms with E-state index in [0.717, 1.165) is 12.1 Å². The Hall–Kier alpha value is -2.48. The first kappa shape index (κ1) is 13.0. The lowest BCUT2D eigenvalue weighted by atomic mass is 10.1. The summed E-state index contributed by atoms with van der Waals surface area (Å²) in [4.78, 5) is 0. The van der Waals surface area contributed by atoms with Crippen LogP contribution in [-0.2, 0) is 6.18 Å². The Morgan fingerprint density at radius 1 is 0.947 bits per heavy atom. The Labute approximate surface area is 108 Å². The van der Waals surface area contributed by atoms with Crippen LogP contribution in [0.1, 0.15) is 11.1 Å². The molecule has 96 valence electrons. The molecule has 0 aliphatic carbocycles. The molecule has 0 aliphatic heterocycles. The van der Waals surface area contributed by atoms with E-state index in [0.29, 0.717) is 5.69 Å². The number of para-hydroxylation sites is 1. The quantitative estimate of drug-likeness (QED) is 0.874. The van der Waals surface area contributed by atoms with Crippen LogP contribution in [0.2, 0.25) is 0 Å². The van der Waals surface area contributed by atoms with Gasteiger partial charge in [0.15, 0.2) is 0 Å². The van der Waals surface area contributed by atoms with Crippen LogP contribution in [0.4, 0.5) is 24.5 Å². The molecule has 0 aromatic heterocycles. The number of hydrogen-bond acceptors (Lipinski definition) is 2. The van der Waals surface area contributed by atoms with Gasteiger partial charge in [0, 0.05) is 11.4 Å². The van der Waals surface area contributed by atoms with Crippen LogP contribution < -0.4 is 5.32 Å². The fourth-order valence-electron chi connectivity index (χ4n) is 1.64. The number of nitriles is 1. The minimum Gasteiger partial charge on any atom is -0.356 e. The van der Waals surface area contributed by atoms with Crippen LogP contribution in [0.5, 0.6) is 0 Å². The van der Waals surface area contributed by atoms with Gasteiger partial charge < -0.3 is 5.32 Å². The van der Waals surface area contributed by atoms with Gasteiger partial charge in [-0.25, -0.2) is 0 Å². The molecule has 0 saturated heterocycles. The number of halogens is 3. The summed E-state index contributed by atoms with van der Waals surface area (Å²) >= 11 is 0. The van der Waals surface area contributed by atoms with E-state index < -0.39 is 11.7 Å². The third kappa shape index (κ3) is 3.05. The predicted octanol–water partition coefficient (Wildman–Crippen LogP) is 4.32. The van der Waals surface area contributed by atoms with Crippen LogP contribution in [0.25, 0.3) is 0 Å². The summed E-state index contributed by atoms with van der Waals surface area (Å²) in [6.45, 7) is 0. The van der Waals surface area contributed by atoms with Crippen molar-refractivity contribution in [3.8, 4) is 6.07 Å². The van der Waals surface area contributed by atoms with Crippen molar-refractivity contribution >= 4 is 11.4 Å². The third-order valence-electron chi connectivity index (χ3n) is 2.51. The number of anilines is 2. The molecule has 0 unspecified atom stereocenters. The van der Waals surface area contributed by atoms with Crippen molar-refractivity contribution in [3.05, 3.63) is 59.7 Å². The number of hydrogen-bond donors (Lipinski definition) is 1. The summed E-state index contributed by atoms with van der Waals surface area (Å²) in [6.07, 6.45) is -4.54. The van der Waals surface area contributed by atoms with Crippen molar-refractivity contribution < 1.29 is 13.2 Å². The van der Waals surface area contributed by atoms with Gasteiger partial charge in [0.1, 0.15) is 0 Å². The van der Waals surface area contributed by atoms with Gasteiger partial charge in [-0.05, 0) is 30.3 Å². The summed E-state index contributed by atoms with van der Waals surface area (Å²) in [5.41, 5.74) is -0.347. The zero-order valence-corrected chi connectivity index (χ0v) is 9.70. The van der Waals surface area contributed by atoms with Gasteiger partial charge >= 0.3 is 6.18 Å². The summed E-state index contributed by atoms with van der Waals surface area (Å²) in [5.74, 6) is 0. The smallest absolute Gasteiger partial charge is 0.356 e. The van der Waals surface area contributed by atoms with E-state index in [9.17, 15) is 13.2 Å². The number of rotatable bonds is 2. The van der Waals surface area contributed by atoms with Gasteiger partial charge in [-0.2, -0.15) is 18.4 Å². The molecule has 2 aromatic carbocycles. The lowest BCUT2D eigenvalue weighted by Crippen LogP contribution is -2.08. The van der Waals surface area contributed by atoms with Gasteiger partial charge in [-0.3, -0.25) is 0 Å². The first-order valence-corrected chi connectivity index (χ1v) is 5.44. The summed E-state index contributed by atoms with van der Waals surface area (Å²) in [6, 6.07) is 13.9. The van der Waals surface area contributed by atoms with Crippen molar-refractivity contribution in [1.82, 2.24) is 0 Å². The monoisotopic (exact) mass is 262 g/mol. The van der Waals surface area contributed by atoms with Crippen molar-refractivity contribution in [2.75, 3.05) is 5.32 Å². The first-order valence-electron chi connectivity index (χ1n) is 5.44. The number of benzene rings is 2. The van der Waals surface area contributed by atoms with Gasteiger partial charge in [0.05, 0.1) is 17.2 Å². The molecule has 0 amide bonds. The maximum atomic E-state index is 12.8. The molecule has 2 nitrogen and oxygen atoms in total. The molecular weight excluding hydrogens is 253 g/mol. The number of nitrogens with zero attached hydrogens (tertiary/aromatic N) is 1. The van der Waals surface area contributed by atoms with E-state index in [4.69, 9.17) is 5.26 Å². The minimum atomic E-state index is -4.54. The zero-order valence-electron chi connectivity index (χ0n) is 9.70. The Balaban J connectivity index is 2.37. The fraction of sp³-hybridized carbons (Fsp3) is 0.0714. The summed E-state index contributed by atoms with van der Waals surface area (Å²) < 4.78 is 38.3. The molecule has 0 saturated carbocycles. The zero-order chi connectivity index (χ0) is 13.9. The molecule has 1 N–H and O–H groups in total. The standard InChI is InChI=1S/C14H9F3N2/c15-14(16,17)13-8-12(7-6-10(13)9-18)19-11-4-2-1-3-5-11/h1-8,19H. The lowest BCUT2D eigenvalue weighted by Gasteiger charge is -2.12. The molecular formula is C14H9F3N2. The predicted molar refractivity (Wildman–Crippen MR) is 65.9 cm³/mol. The van der Waals surface area contributed by atoms with E-state index in [1.807, 2.05) is 6.07 Å². The lowest BCUT2D eigenvalue weighted by molar-refractivity contribution is -0.137. The molecule has 0 spiro atoms. The number of nitrogens with one attached hydrogen (secondary N) is 1. The van der Waals surface area contributed by atoms with Crippen LogP contribution in [-0.4, -0.2) is 0 Å². The summed E-state index contributed by atoms with van der Waals surface area (Å²) in [5, 5.41) is 11.6. The average Bonchev–Trinajstić information content (AvgIpc) is 2.39. The maximum absolute atomic E-state index is 12.8. The molecule has 0 bridgehead atoms. The topological polar surface area (TPSA) is 35.8 Å². The second kappa shape index (κ2) is 5.02. The van der Waals surface area contributed by atoms with Crippen molar-refractivity contribution in [3.63, 3.8) is 0 Å². The largest absolute Gasteiger partial charge is 0.417 e. The Kier molecular flexibility index (Phi) is 3.43. The highest BCUT2D eigenvalue weighted by atomic mass is 19.4.